The molecule has 3 heterocycles. The number of rotatable bonds is 7. The standard InChI is InChI=1S/C31H29N7/c1-4-28-33-29-20(2)16-21(3)32-31(29)38(28)19-23-10-13-25(14-11-23)27-18-24(17-22-8-6-5-7-9-22)12-15-26(27)30-34-36-37-35-30/h5-16,18H,4,17,19H2,1-3H3,(H,34,35,36,37). The molecule has 0 aliphatic carbocycles. The molecular formula is C31H29N7. The van der Waals surface area contributed by atoms with Crippen LogP contribution in [0.2, 0.25) is 0 Å². The molecule has 7 nitrogen and oxygen atoms in total. The number of benzene rings is 3. The minimum atomic E-state index is 0.588. The van der Waals surface area contributed by atoms with E-state index in [1.54, 1.807) is 0 Å². The number of aromatic nitrogens is 7. The van der Waals surface area contributed by atoms with Gasteiger partial charge in [0.05, 0.1) is 6.54 Å². The summed E-state index contributed by atoms with van der Waals surface area (Å²) >= 11 is 0. The highest BCUT2D eigenvalue weighted by atomic mass is 15.5. The average molecular weight is 500 g/mol. The molecule has 0 saturated heterocycles. The Morgan fingerprint density at radius 3 is 2.32 bits per heavy atom. The van der Waals surface area contributed by atoms with E-state index in [2.05, 4.69) is 112 Å². The number of imidazole rings is 1. The van der Waals surface area contributed by atoms with E-state index < -0.39 is 0 Å². The van der Waals surface area contributed by atoms with Crippen LogP contribution in [0.25, 0.3) is 33.7 Å². The quantitative estimate of drug-likeness (QED) is 0.287. The second-order valence-electron chi connectivity index (χ2n) is 9.70. The Kier molecular flexibility index (Phi) is 6.25. The summed E-state index contributed by atoms with van der Waals surface area (Å²) in [6, 6.07) is 27.8. The number of aryl methyl sites for hydroxylation is 3. The predicted octanol–water partition coefficient (Wildman–Crippen LogP) is 6.10. The van der Waals surface area contributed by atoms with Gasteiger partial charge in [0.15, 0.2) is 5.65 Å². The molecule has 0 bridgehead atoms. The van der Waals surface area contributed by atoms with E-state index >= 15 is 0 Å². The molecule has 0 atom stereocenters. The van der Waals surface area contributed by atoms with Gasteiger partial charge in [0.2, 0.25) is 5.82 Å². The van der Waals surface area contributed by atoms with Crippen molar-refractivity contribution in [1.29, 1.82) is 0 Å². The minimum Gasteiger partial charge on any atom is -0.308 e. The highest BCUT2D eigenvalue weighted by molar-refractivity contribution is 5.81. The summed E-state index contributed by atoms with van der Waals surface area (Å²) in [6.45, 7) is 7.01. The summed E-state index contributed by atoms with van der Waals surface area (Å²) in [5.41, 5.74) is 11.0. The summed E-state index contributed by atoms with van der Waals surface area (Å²) in [7, 11) is 0. The maximum Gasteiger partial charge on any atom is 0.205 e. The van der Waals surface area contributed by atoms with E-state index in [9.17, 15) is 0 Å². The Morgan fingerprint density at radius 1 is 0.789 bits per heavy atom. The molecule has 3 aromatic heterocycles. The van der Waals surface area contributed by atoms with Crippen molar-refractivity contribution in [1.82, 2.24) is 35.2 Å². The number of hydrogen-bond donors (Lipinski definition) is 1. The van der Waals surface area contributed by atoms with Gasteiger partial charge in [0.25, 0.3) is 0 Å². The maximum absolute atomic E-state index is 4.89. The van der Waals surface area contributed by atoms with Gasteiger partial charge in [-0.15, -0.1) is 10.2 Å². The molecule has 38 heavy (non-hydrogen) atoms. The SMILES string of the molecule is CCc1nc2c(C)cc(C)nc2n1Cc1ccc(-c2cc(Cc3ccccc3)ccc2-c2nn[nH]n2)cc1. The van der Waals surface area contributed by atoms with Crippen LogP contribution in [-0.2, 0) is 19.4 Å². The smallest absolute Gasteiger partial charge is 0.205 e. The first-order valence-electron chi connectivity index (χ1n) is 12.9. The summed E-state index contributed by atoms with van der Waals surface area (Å²) in [5, 5.41) is 14.9. The van der Waals surface area contributed by atoms with Crippen molar-refractivity contribution in [2.75, 3.05) is 0 Å². The molecule has 1 N–H and O–H groups in total. The number of hydrogen-bond acceptors (Lipinski definition) is 5. The van der Waals surface area contributed by atoms with E-state index in [1.807, 2.05) is 13.0 Å². The third-order valence-corrected chi connectivity index (χ3v) is 6.94. The molecular weight excluding hydrogens is 470 g/mol. The van der Waals surface area contributed by atoms with Crippen LogP contribution in [0.4, 0.5) is 0 Å². The van der Waals surface area contributed by atoms with Crippen molar-refractivity contribution in [3.05, 3.63) is 113 Å². The lowest BCUT2D eigenvalue weighted by Crippen LogP contribution is -2.05. The largest absolute Gasteiger partial charge is 0.308 e. The van der Waals surface area contributed by atoms with E-state index in [1.165, 1.54) is 22.3 Å². The van der Waals surface area contributed by atoms with Gasteiger partial charge in [-0.1, -0.05) is 79.7 Å². The topological polar surface area (TPSA) is 85.2 Å². The van der Waals surface area contributed by atoms with Crippen molar-refractivity contribution in [3.8, 4) is 22.5 Å². The highest BCUT2D eigenvalue weighted by Crippen LogP contribution is 2.32. The van der Waals surface area contributed by atoms with Crippen molar-refractivity contribution in [2.24, 2.45) is 0 Å². The molecule has 0 radical (unpaired) electrons. The molecule has 0 aliphatic heterocycles. The third-order valence-electron chi connectivity index (χ3n) is 6.94. The van der Waals surface area contributed by atoms with Crippen LogP contribution in [0, 0.1) is 13.8 Å². The van der Waals surface area contributed by atoms with Crippen LogP contribution in [-0.4, -0.2) is 35.2 Å². The monoisotopic (exact) mass is 499 g/mol. The summed E-state index contributed by atoms with van der Waals surface area (Å²) < 4.78 is 2.25. The first kappa shape index (κ1) is 23.7. The van der Waals surface area contributed by atoms with Gasteiger partial charge in [-0.05, 0) is 64.9 Å². The fraction of sp³-hybridized carbons (Fsp3) is 0.194. The number of pyridine rings is 1. The van der Waals surface area contributed by atoms with E-state index in [0.29, 0.717) is 5.82 Å². The second-order valence-corrected chi connectivity index (χ2v) is 9.70. The zero-order chi connectivity index (χ0) is 26.1. The van der Waals surface area contributed by atoms with Gasteiger partial charge in [0, 0.05) is 17.7 Å². The van der Waals surface area contributed by atoms with Crippen LogP contribution in [0.3, 0.4) is 0 Å². The molecule has 7 heteroatoms. The molecule has 0 spiro atoms. The van der Waals surface area contributed by atoms with Gasteiger partial charge in [0.1, 0.15) is 11.3 Å². The summed E-state index contributed by atoms with van der Waals surface area (Å²) in [6.07, 6.45) is 1.72. The number of tetrazole rings is 1. The number of nitrogens with zero attached hydrogens (tertiary/aromatic N) is 6. The average Bonchev–Trinajstić information content (AvgIpc) is 3.59. The van der Waals surface area contributed by atoms with E-state index in [-0.39, 0.29) is 0 Å². The lowest BCUT2D eigenvalue weighted by atomic mass is 9.94. The molecule has 6 rings (SSSR count). The Balaban J connectivity index is 1.36. The van der Waals surface area contributed by atoms with Crippen LogP contribution < -0.4 is 0 Å². The molecule has 0 amide bonds. The third kappa shape index (κ3) is 4.59. The fourth-order valence-electron chi connectivity index (χ4n) is 5.10. The number of nitrogens with one attached hydrogen (secondary N) is 1. The van der Waals surface area contributed by atoms with Gasteiger partial charge in [-0.3, -0.25) is 0 Å². The molecule has 6 aromatic rings. The molecule has 0 saturated carbocycles. The van der Waals surface area contributed by atoms with Crippen molar-refractivity contribution in [2.45, 2.75) is 40.2 Å². The summed E-state index contributed by atoms with van der Waals surface area (Å²) in [4.78, 5) is 9.72. The van der Waals surface area contributed by atoms with Gasteiger partial charge < -0.3 is 4.57 Å². The zero-order valence-corrected chi connectivity index (χ0v) is 21.8. The molecule has 3 aromatic carbocycles. The van der Waals surface area contributed by atoms with Crippen LogP contribution in [0.5, 0.6) is 0 Å². The molecule has 188 valence electrons. The summed E-state index contributed by atoms with van der Waals surface area (Å²) in [5.74, 6) is 1.64. The first-order chi connectivity index (χ1) is 18.6. The van der Waals surface area contributed by atoms with Crippen LogP contribution in [0.1, 0.15) is 40.7 Å². The number of H-pyrrole nitrogens is 1. The Hall–Kier alpha value is -4.65. The Morgan fingerprint density at radius 2 is 1.58 bits per heavy atom. The lowest BCUT2D eigenvalue weighted by Gasteiger charge is -2.12. The van der Waals surface area contributed by atoms with E-state index in [0.717, 1.165) is 58.8 Å². The van der Waals surface area contributed by atoms with Crippen molar-refractivity contribution >= 4 is 11.2 Å². The highest BCUT2D eigenvalue weighted by Gasteiger charge is 2.15. The Labute approximate surface area is 221 Å². The van der Waals surface area contributed by atoms with Gasteiger partial charge >= 0.3 is 0 Å². The van der Waals surface area contributed by atoms with E-state index in [4.69, 9.17) is 9.97 Å². The van der Waals surface area contributed by atoms with Gasteiger partial charge in [-0.2, -0.15) is 5.21 Å². The number of fused-ring (bicyclic) bond motifs is 1. The van der Waals surface area contributed by atoms with Gasteiger partial charge in [-0.25, -0.2) is 9.97 Å². The normalized spacial score (nSPS) is 11.3. The molecule has 0 unspecified atom stereocenters. The fourth-order valence-corrected chi connectivity index (χ4v) is 5.10. The second kappa shape index (κ2) is 10.0. The molecule has 0 aliphatic rings. The van der Waals surface area contributed by atoms with Crippen LogP contribution in [0.15, 0.2) is 78.9 Å². The Bertz CT molecular complexity index is 1700. The van der Waals surface area contributed by atoms with Crippen molar-refractivity contribution < 1.29 is 0 Å². The maximum atomic E-state index is 4.89. The lowest BCUT2D eigenvalue weighted by molar-refractivity contribution is 0.745. The molecule has 0 fully saturated rings. The zero-order valence-electron chi connectivity index (χ0n) is 21.8. The van der Waals surface area contributed by atoms with Crippen molar-refractivity contribution in [3.63, 3.8) is 0 Å². The minimum absolute atomic E-state index is 0.588. The van der Waals surface area contributed by atoms with Crippen LogP contribution >= 0.6 is 0 Å². The first-order valence-corrected chi connectivity index (χ1v) is 12.9. The number of aromatic amines is 1. The predicted molar refractivity (Wildman–Crippen MR) is 150 cm³/mol.